The van der Waals surface area contributed by atoms with Gasteiger partial charge < -0.3 is 10.2 Å². The van der Waals surface area contributed by atoms with Gasteiger partial charge in [0.2, 0.25) is 0 Å². The average molecular weight is 429 g/mol. The van der Waals surface area contributed by atoms with Crippen molar-refractivity contribution < 1.29 is 33.0 Å². The zero-order valence-corrected chi connectivity index (χ0v) is 16.3. The third-order valence-corrected chi connectivity index (χ3v) is 6.21. The van der Waals surface area contributed by atoms with Crippen molar-refractivity contribution in [2.75, 3.05) is 0 Å². The van der Waals surface area contributed by atoms with E-state index >= 15 is 0 Å². The molecular weight excluding hydrogens is 409 g/mol. The lowest BCUT2D eigenvalue weighted by Gasteiger charge is -2.37. The van der Waals surface area contributed by atoms with E-state index in [9.17, 15) is 33.0 Å². The van der Waals surface area contributed by atoms with Gasteiger partial charge in [0.15, 0.2) is 0 Å². The Labute approximate surface area is 170 Å². The van der Waals surface area contributed by atoms with Crippen LogP contribution in [0.2, 0.25) is 5.02 Å². The van der Waals surface area contributed by atoms with Crippen LogP contribution in [-0.2, 0) is 15.8 Å². The van der Waals surface area contributed by atoms with Crippen LogP contribution in [0.1, 0.15) is 43.7 Å². The molecule has 1 aromatic rings. The first-order valence-electron chi connectivity index (χ1n) is 9.24. The quantitative estimate of drug-likeness (QED) is 0.612. The Bertz CT molecular complexity index is 915. The van der Waals surface area contributed by atoms with Crippen molar-refractivity contribution in [3.63, 3.8) is 0 Å². The second kappa shape index (κ2) is 7.52. The molecule has 0 aromatic heterocycles. The molecule has 0 amide bonds. The number of carboxylic acid groups (broad SMARTS) is 2. The van der Waals surface area contributed by atoms with Crippen molar-refractivity contribution in [2.24, 2.45) is 17.3 Å². The second-order valence-electron chi connectivity index (χ2n) is 7.75. The van der Waals surface area contributed by atoms with Gasteiger partial charge in [-0.2, -0.15) is 13.2 Å². The van der Waals surface area contributed by atoms with E-state index in [0.717, 1.165) is 31.0 Å². The summed E-state index contributed by atoms with van der Waals surface area (Å²) in [6.45, 7) is 1.53. The summed E-state index contributed by atoms with van der Waals surface area (Å²) in [6.07, 6.45) is 0.825. The number of carboxylic acids is 2. The lowest BCUT2D eigenvalue weighted by molar-refractivity contribution is -0.149. The molecule has 1 saturated carbocycles. The number of alkyl halides is 3. The van der Waals surface area contributed by atoms with E-state index in [-0.39, 0.29) is 28.2 Å². The van der Waals surface area contributed by atoms with Gasteiger partial charge >= 0.3 is 18.1 Å². The van der Waals surface area contributed by atoms with E-state index in [1.807, 2.05) is 0 Å². The lowest BCUT2D eigenvalue weighted by Crippen LogP contribution is -2.40. The third-order valence-electron chi connectivity index (χ3n) is 5.88. The van der Waals surface area contributed by atoms with Crippen LogP contribution in [0, 0.1) is 17.3 Å². The molecule has 0 spiro atoms. The molecule has 2 atom stereocenters. The van der Waals surface area contributed by atoms with Crippen LogP contribution in [0.4, 0.5) is 13.2 Å². The van der Waals surface area contributed by atoms with E-state index in [2.05, 4.69) is 0 Å². The van der Waals surface area contributed by atoms with E-state index in [1.165, 1.54) is 19.1 Å². The van der Waals surface area contributed by atoms with Gasteiger partial charge in [-0.25, -0.2) is 4.79 Å². The Kier molecular flexibility index (Phi) is 5.56. The van der Waals surface area contributed by atoms with Gasteiger partial charge in [0.25, 0.3) is 0 Å². The van der Waals surface area contributed by atoms with Crippen molar-refractivity contribution in [1.82, 2.24) is 0 Å². The molecule has 0 aliphatic heterocycles. The zero-order chi connectivity index (χ0) is 21.6. The molecule has 2 unspecified atom stereocenters. The van der Waals surface area contributed by atoms with Crippen LogP contribution in [0.25, 0.3) is 5.57 Å². The monoisotopic (exact) mass is 428 g/mol. The first-order valence-corrected chi connectivity index (χ1v) is 9.62. The summed E-state index contributed by atoms with van der Waals surface area (Å²) in [6, 6.07) is 2.74. The number of carbonyl (C=O) groups is 2. The van der Waals surface area contributed by atoms with Crippen molar-refractivity contribution >= 4 is 29.1 Å². The number of hydrogen-bond acceptors (Lipinski definition) is 2. The summed E-state index contributed by atoms with van der Waals surface area (Å²) in [5.41, 5.74) is -2.59. The van der Waals surface area contributed by atoms with E-state index in [0.29, 0.717) is 12.3 Å². The average Bonchev–Trinajstić information content (AvgIpc) is 3.44. The molecule has 3 rings (SSSR count). The SMILES string of the molecule is CC1C(C(=O)O)=CC(c2cc(C(F)(F)F)ccc2Cl)=CC1(CCC1CC1)C(=O)O. The molecule has 1 fully saturated rings. The number of hydrogen-bond donors (Lipinski definition) is 2. The topological polar surface area (TPSA) is 74.6 Å². The summed E-state index contributed by atoms with van der Waals surface area (Å²) in [5, 5.41) is 19.6. The number of rotatable bonds is 6. The molecule has 2 aliphatic carbocycles. The molecule has 0 radical (unpaired) electrons. The minimum absolute atomic E-state index is 0.0127. The molecule has 0 heterocycles. The fourth-order valence-corrected chi connectivity index (χ4v) is 4.06. The lowest BCUT2D eigenvalue weighted by atomic mass is 9.65. The van der Waals surface area contributed by atoms with E-state index in [4.69, 9.17) is 11.6 Å². The molecule has 0 bridgehead atoms. The standard InChI is InChI=1S/C21H20ClF3O4/c1-11-15(18(26)27)8-13(10-20(11,19(28)29)7-6-12-2-3-12)16-9-14(21(23,24)25)4-5-17(16)22/h4-5,8-12H,2-3,6-7H2,1H3,(H,26,27)(H,28,29). The Hall–Kier alpha value is -2.28. The predicted molar refractivity (Wildman–Crippen MR) is 101 cm³/mol. The van der Waals surface area contributed by atoms with Crippen molar-refractivity contribution in [3.8, 4) is 0 Å². The summed E-state index contributed by atoms with van der Waals surface area (Å²) >= 11 is 6.12. The van der Waals surface area contributed by atoms with Crippen LogP contribution < -0.4 is 0 Å². The largest absolute Gasteiger partial charge is 0.481 e. The molecule has 8 heteroatoms. The maximum Gasteiger partial charge on any atom is 0.416 e. The van der Waals surface area contributed by atoms with Crippen molar-refractivity contribution in [2.45, 2.75) is 38.8 Å². The molecule has 29 heavy (non-hydrogen) atoms. The van der Waals surface area contributed by atoms with Crippen molar-refractivity contribution in [3.05, 3.63) is 52.1 Å². The van der Waals surface area contributed by atoms with Gasteiger partial charge in [-0.15, -0.1) is 0 Å². The Morgan fingerprint density at radius 2 is 1.90 bits per heavy atom. The fraction of sp³-hybridized carbons (Fsp3) is 0.429. The highest BCUT2D eigenvalue weighted by Crippen LogP contribution is 2.49. The second-order valence-corrected chi connectivity index (χ2v) is 8.15. The molecule has 2 N–H and O–H groups in total. The van der Waals surface area contributed by atoms with Gasteiger partial charge in [0, 0.05) is 22.1 Å². The maximum atomic E-state index is 13.2. The molecule has 2 aliphatic rings. The number of benzene rings is 1. The predicted octanol–water partition coefficient (Wildman–Crippen LogP) is 5.66. The van der Waals surface area contributed by atoms with Crippen LogP contribution in [0.5, 0.6) is 0 Å². The summed E-state index contributed by atoms with van der Waals surface area (Å²) in [5.74, 6) is -2.93. The highest BCUT2D eigenvalue weighted by molar-refractivity contribution is 6.32. The minimum Gasteiger partial charge on any atom is -0.481 e. The highest BCUT2D eigenvalue weighted by Gasteiger charge is 2.48. The zero-order valence-electron chi connectivity index (χ0n) is 15.6. The first-order chi connectivity index (χ1) is 13.5. The molecule has 156 valence electrons. The Morgan fingerprint density at radius 1 is 1.24 bits per heavy atom. The van der Waals surface area contributed by atoms with Crippen molar-refractivity contribution in [1.29, 1.82) is 0 Å². The minimum atomic E-state index is -4.61. The van der Waals surface area contributed by atoms with E-state index < -0.39 is 35.0 Å². The number of aliphatic carboxylic acids is 2. The van der Waals surface area contributed by atoms with Gasteiger partial charge in [-0.05, 0) is 48.6 Å². The van der Waals surface area contributed by atoms with Gasteiger partial charge in [-0.3, -0.25) is 4.79 Å². The molecule has 4 nitrogen and oxygen atoms in total. The van der Waals surface area contributed by atoms with Crippen LogP contribution >= 0.6 is 11.6 Å². The molecule has 0 saturated heterocycles. The van der Waals surface area contributed by atoms with Gasteiger partial charge in [-0.1, -0.05) is 37.4 Å². The van der Waals surface area contributed by atoms with E-state index in [1.54, 1.807) is 0 Å². The Morgan fingerprint density at radius 3 is 2.41 bits per heavy atom. The fourth-order valence-electron chi connectivity index (χ4n) is 3.83. The summed E-state index contributed by atoms with van der Waals surface area (Å²) in [7, 11) is 0. The maximum absolute atomic E-state index is 13.2. The van der Waals surface area contributed by atoms with Crippen LogP contribution in [-0.4, -0.2) is 22.2 Å². The van der Waals surface area contributed by atoms with Crippen LogP contribution in [0.15, 0.2) is 35.9 Å². The normalized spacial score (nSPS) is 24.7. The number of allylic oxidation sites excluding steroid dienone is 2. The molecule has 1 aromatic carbocycles. The summed E-state index contributed by atoms with van der Waals surface area (Å²) < 4.78 is 39.5. The number of halogens is 4. The Balaban J connectivity index is 2.17. The first kappa shape index (κ1) is 21.4. The summed E-state index contributed by atoms with van der Waals surface area (Å²) in [4.78, 5) is 24.1. The highest BCUT2D eigenvalue weighted by atomic mass is 35.5. The molecular formula is C21H20ClF3O4. The third kappa shape index (κ3) is 4.20. The van der Waals surface area contributed by atoms with Crippen LogP contribution in [0.3, 0.4) is 0 Å². The van der Waals surface area contributed by atoms with Gasteiger partial charge in [0.1, 0.15) is 0 Å². The smallest absolute Gasteiger partial charge is 0.416 e. The van der Waals surface area contributed by atoms with Gasteiger partial charge in [0.05, 0.1) is 11.0 Å².